The van der Waals surface area contributed by atoms with E-state index in [-0.39, 0.29) is 11.3 Å². The predicted molar refractivity (Wildman–Crippen MR) is 57.1 cm³/mol. The predicted octanol–water partition coefficient (Wildman–Crippen LogP) is 2.56. The van der Waals surface area contributed by atoms with Gasteiger partial charge in [0.15, 0.2) is 0 Å². The number of methoxy groups -OCH3 is 1. The van der Waals surface area contributed by atoms with E-state index >= 15 is 0 Å². The molecule has 94 valence electrons. The maximum atomic E-state index is 12.8. The van der Waals surface area contributed by atoms with E-state index in [0.717, 1.165) is 13.2 Å². The van der Waals surface area contributed by atoms with Crippen LogP contribution < -0.4 is 4.90 Å². The maximum Gasteiger partial charge on any atom is 0.418 e. The van der Waals surface area contributed by atoms with E-state index in [9.17, 15) is 18.0 Å². The SMILES string of the molecule is COC(=O)c1ccc(N(C)C)c(C(F)(F)F)c1. The van der Waals surface area contributed by atoms with Crippen molar-refractivity contribution in [3.8, 4) is 0 Å². The molecule has 0 aliphatic rings. The first-order chi connectivity index (χ1) is 7.77. The van der Waals surface area contributed by atoms with Gasteiger partial charge >= 0.3 is 12.1 Å². The van der Waals surface area contributed by atoms with Gasteiger partial charge in [-0.1, -0.05) is 0 Å². The Kier molecular flexibility index (Phi) is 3.65. The number of esters is 1. The summed E-state index contributed by atoms with van der Waals surface area (Å²) in [6, 6.07) is 3.34. The smallest absolute Gasteiger partial charge is 0.418 e. The molecule has 0 radical (unpaired) electrons. The zero-order valence-corrected chi connectivity index (χ0v) is 9.63. The second-order valence-corrected chi connectivity index (χ2v) is 3.62. The van der Waals surface area contributed by atoms with Crippen LogP contribution in [-0.2, 0) is 10.9 Å². The number of ether oxygens (including phenoxy) is 1. The van der Waals surface area contributed by atoms with Crippen molar-refractivity contribution in [3.05, 3.63) is 29.3 Å². The molecular weight excluding hydrogens is 235 g/mol. The first kappa shape index (κ1) is 13.3. The van der Waals surface area contributed by atoms with Crippen molar-refractivity contribution in [2.45, 2.75) is 6.18 Å². The standard InChI is InChI=1S/C11H12F3NO2/c1-15(2)9-5-4-7(10(16)17-3)6-8(9)11(12,13)14/h4-6H,1-3H3. The minimum Gasteiger partial charge on any atom is -0.465 e. The van der Waals surface area contributed by atoms with E-state index in [0.29, 0.717) is 0 Å². The number of anilines is 1. The Morgan fingerprint density at radius 1 is 1.29 bits per heavy atom. The molecule has 1 aromatic rings. The summed E-state index contributed by atoms with van der Waals surface area (Å²) in [5, 5.41) is 0. The largest absolute Gasteiger partial charge is 0.465 e. The van der Waals surface area contributed by atoms with E-state index in [4.69, 9.17) is 0 Å². The van der Waals surface area contributed by atoms with Gasteiger partial charge in [-0.15, -0.1) is 0 Å². The Hall–Kier alpha value is -1.72. The van der Waals surface area contributed by atoms with Crippen LogP contribution in [0.15, 0.2) is 18.2 Å². The van der Waals surface area contributed by atoms with Gasteiger partial charge in [0.25, 0.3) is 0 Å². The molecule has 17 heavy (non-hydrogen) atoms. The van der Waals surface area contributed by atoms with Crippen molar-refractivity contribution in [2.75, 3.05) is 26.1 Å². The number of alkyl halides is 3. The van der Waals surface area contributed by atoms with Gasteiger partial charge in [0, 0.05) is 19.8 Å². The van der Waals surface area contributed by atoms with Crippen LogP contribution >= 0.6 is 0 Å². The topological polar surface area (TPSA) is 29.5 Å². The van der Waals surface area contributed by atoms with Crippen molar-refractivity contribution in [3.63, 3.8) is 0 Å². The van der Waals surface area contributed by atoms with Crippen LogP contribution in [0, 0.1) is 0 Å². The molecule has 0 spiro atoms. The zero-order valence-electron chi connectivity index (χ0n) is 9.63. The average molecular weight is 247 g/mol. The Labute approximate surface area is 96.8 Å². The molecule has 0 saturated heterocycles. The molecule has 0 aliphatic heterocycles. The number of benzene rings is 1. The molecule has 0 N–H and O–H groups in total. The molecule has 3 nitrogen and oxygen atoms in total. The highest BCUT2D eigenvalue weighted by atomic mass is 19.4. The van der Waals surface area contributed by atoms with Gasteiger partial charge in [-0.05, 0) is 18.2 Å². The second-order valence-electron chi connectivity index (χ2n) is 3.62. The van der Waals surface area contributed by atoms with Gasteiger partial charge in [0.1, 0.15) is 0 Å². The lowest BCUT2D eigenvalue weighted by Crippen LogP contribution is -2.17. The monoisotopic (exact) mass is 247 g/mol. The van der Waals surface area contributed by atoms with Crippen molar-refractivity contribution in [2.24, 2.45) is 0 Å². The normalized spacial score (nSPS) is 11.2. The number of carbonyl (C=O) groups excluding carboxylic acids is 1. The first-order valence-corrected chi connectivity index (χ1v) is 4.74. The number of rotatable bonds is 2. The van der Waals surface area contributed by atoms with E-state index < -0.39 is 17.7 Å². The maximum absolute atomic E-state index is 12.8. The molecule has 0 atom stereocenters. The minimum atomic E-state index is -4.51. The molecule has 0 saturated carbocycles. The lowest BCUT2D eigenvalue weighted by atomic mass is 10.1. The number of halogens is 3. The zero-order chi connectivity index (χ0) is 13.2. The fourth-order valence-electron chi connectivity index (χ4n) is 1.40. The molecule has 0 heterocycles. The number of hydrogen-bond donors (Lipinski definition) is 0. The van der Waals surface area contributed by atoms with Crippen LogP contribution in [0.2, 0.25) is 0 Å². The lowest BCUT2D eigenvalue weighted by Gasteiger charge is -2.19. The molecule has 0 amide bonds. The Morgan fingerprint density at radius 2 is 1.88 bits per heavy atom. The van der Waals surface area contributed by atoms with Gasteiger partial charge in [-0.2, -0.15) is 13.2 Å². The highest BCUT2D eigenvalue weighted by Gasteiger charge is 2.34. The third kappa shape index (κ3) is 2.89. The number of nitrogens with zero attached hydrogens (tertiary/aromatic N) is 1. The van der Waals surface area contributed by atoms with Gasteiger partial charge in [-0.3, -0.25) is 0 Å². The van der Waals surface area contributed by atoms with Gasteiger partial charge < -0.3 is 9.64 Å². The van der Waals surface area contributed by atoms with Gasteiger partial charge in [-0.25, -0.2) is 4.79 Å². The molecule has 0 unspecified atom stereocenters. The quantitative estimate of drug-likeness (QED) is 0.752. The van der Waals surface area contributed by atoms with Crippen molar-refractivity contribution in [1.29, 1.82) is 0 Å². The third-order valence-electron chi connectivity index (χ3n) is 2.20. The fraction of sp³-hybridized carbons (Fsp3) is 0.364. The van der Waals surface area contributed by atoms with Crippen molar-refractivity contribution < 1.29 is 22.7 Å². The summed E-state index contributed by atoms with van der Waals surface area (Å²) < 4.78 is 42.7. The van der Waals surface area contributed by atoms with Gasteiger partial charge in [0.2, 0.25) is 0 Å². The van der Waals surface area contributed by atoms with E-state index in [1.165, 1.54) is 31.1 Å². The molecule has 0 bridgehead atoms. The summed E-state index contributed by atoms with van der Waals surface area (Å²) in [5.41, 5.74) is -0.971. The second kappa shape index (κ2) is 4.65. The summed E-state index contributed by atoms with van der Waals surface area (Å²) in [7, 11) is 4.13. The van der Waals surface area contributed by atoms with Crippen LogP contribution in [0.25, 0.3) is 0 Å². The molecule has 1 aromatic carbocycles. The minimum absolute atomic E-state index is 0.00477. The third-order valence-corrected chi connectivity index (χ3v) is 2.20. The molecule has 0 aliphatic carbocycles. The molecule has 0 aromatic heterocycles. The average Bonchev–Trinajstić information content (AvgIpc) is 2.25. The van der Waals surface area contributed by atoms with E-state index in [1.54, 1.807) is 0 Å². The van der Waals surface area contributed by atoms with Gasteiger partial charge in [0.05, 0.1) is 18.2 Å². The number of carbonyl (C=O) groups is 1. The first-order valence-electron chi connectivity index (χ1n) is 4.74. The molecular formula is C11H12F3NO2. The number of hydrogen-bond acceptors (Lipinski definition) is 3. The molecule has 0 fully saturated rings. The Balaban J connectivity index is 3.35. The van der Waals surface area contributed by atoms with Crippen molar-refractivity contribution >= 4 is 11.7 Å². The van der Waals surface area contributed by atoms with Crippen LogP contribution in [0.4, 0.5) is 18.9 Å². The van der Waals surface area contributed by atoms with Crippen molar-refractivity contribution in [1.82, 2.24) is 0 Å². The van der Waals surface area contributed by atoms with Crippen LogP contribution in [0.5, 0.6) is 0 Å². The van der Waals surface area contributed by atoms with Crippen LogP contribution in [-0.4, -0.2) is 27.2 Å². The van der Waals surface area contributed by atoms with Crippen LogP contribution in [0.3, 0.4) is 0 Å². The summed E-state index contributed by atoms with van der Waals surface area (Å²) >= 11 is 0. The lowest BCUT2D eigenvalue weighted by molar-refractivity contribution is -0.137. The van der Waals surface area contributed by atoms with E-state index in [2.05, 4.69) is 4.74 Å². The highest BCUT2D eigenvalue weighted by Crippen LogP contribution is 2.36. The Bertz CT molecular complexity index is 427. The summed E-state index contributed by atoms with van der Waals surface area (Å²) in [5.74, 6) is -0.791. The summed E-state index contributed by atoms with van der Waals surface area (Å²) in [6.45, 7) is 0. The summed E-state index contributed by atoms with van der Waals surface area (Å²) in [6.07, 6.45) is -4.51. The van der Waals surface area contributed by atoms with Crippen LogP contribution in [0.1, 0.15) is 15.9 Å². The summed E-state index contributed by atoms with van der Waals surface area (Å²) in [4.78, 5) is 12.5. The Morgan fingerprint density at radius 3 is 2.29 bits per heavy atom. The fourth-order valence-corrected chi connectivity index (χ4v) is 1.40. The molecule has 6 heteroatoms. The van der Waals surface area contributed by atoms with E-state index in [1.807, 2.05) is 0 Å². The highest BCUT2D eigenvalue weighted by molar-refractivity contribution is 5.90. The molecule has 1 rings (SSSR count).